The fraction of sp³-hybridized carbons (Fsp3) is 0.167. The number of aromatic carboxylic acids is 1. The van der Waals surface area contributed by atoms with Gasteiger partial charge in [-0.05, 0) is 0 Å². The van der Waals surface area contributed by atoms with Crippen molar-refractivity contribution in [2.24, 2.45) is 0 Å². The third-order valence-corrected chi connectivity index (χ3v) is 1.16. The molecule has 1 heterocycles. The maximum absolute atomic E-state index is 10.4. The first kappa shape index (κ1) is 7.62. The van der Waals surface area contributed by atoms with Crippen molar-refractivity contribution in [1.29, 1.82) is 0 Å². The minimum absolute atomic E-state index is 0.150. The van der Waals surface area contributed by atoms with Crippen LogP contribution in [0.4, 0.5) is 0 Å². The highest BCUT2D eigenvalue weighted by Gasteiger charge is 2.09. The van der Waals surface area contributed by atoms with E-state index in [2.05, 4.69) is 9.97 Å². The molecule has 0 saturated heterocycles. The summed E-state index contributed by atoms with van der Waals surface area (Å²) in [5.41, 5.74) is 0.0718. The van der Waals surface area contributed by atoms with Crippen LogP contribution in [-0.2, 0) is 6.61 Å². The third kappa shape index (κ3) is 1.50. The number of carbonyl (C=O) groups is 1. The van der Waals surface area contributed by atoms with Crippen molar-refractivity contribution in [3.8, 4) is 0 Å². The van der Waals surface area contributed by atoms with Crippen LogP contribution in [0, 0.1) is 0 Å². The third-order valence-electron chi connectivity index (χ3n) is 1.16. The van der Waals surface area contributed by atoms with Gasteiger partial charge in [-0.2, -0.15) is 0 Å². The Labute approximate surface area is 62.4 Å². The summed E-state index contributed by atoms with van der Waals surface area (Å²) in [5.74, 6) is -1.16. The standard InChI is InChI=1S/C6H6N2O3/c9-2-4-1-7-3-8-5(4)6(10)11/h1,3,9H,2H2,(H,10,11). The fourth-order valence-electron chi connectivity index (χ4n) is 0.667. The lowest BCUT2D eigenvalue weighted by molar-refractivity contribution is 0.0686. The Hall–Kier alpha value is -1.49. The van der Waals surface area contributed by atoms with Crippen LogP contribution in [0.1, 0.15) is 16.1 Å². The summed E-state index contributed by atoms with van der Waals surface area (Å²) >= 11 is 0. The molecule has 58 valence electrons. The number of hydrogen-bond donors (Lipinski definition) is 2. The topological polar surface area (TPSA) is 83.3 Å². The quantitative estimate of drug-likeness (QED) is 0.609. The fourth-order valence-corrected chi connectivity index (χ4v) is 0.667. The first-order chi connectivity index (χ1) is 5.25. The summed E-state index contributed by atoms with van der Waals surface area (Å²) < 4.78 is 0. The molecule has 0 bridgehead atoms. The molecule has 0 aliphatic carbocycles. The van der Waals surface area contributed by atoms with Gasteiger partial charge < -0.3 is 10.2 Å². The molecule has 0 radical (unpaired) electrons. The smallest absolute Gasteiger partial charge is 0.354 e. The first-order valence-electron chi connectivity index (χ1n) is 2.88. The van der Waals surface area contributed by atoms with Crippen molar-refractivity contribution in [2.45, 2.75) is 6.61 Å². The first-order valence-corrected chi connectivity index (χ1v) is 2.88. The number of hydrogen-bond acceptors (Lipinski definition) is 4. The van der Waals surface area contributed by atoms with Gasteiger partial charge in [-0.1, -0.05) is 0 Å². The number of carboxylic acid groups (broad SMARTS) is 1. The Bertz CT molecular complexity index is 274. The Balaban J connectivity index is 3.12. The van der Waals surface area contributed by atoms with E-state index < -0.39 is 5.97 Å². The Morgan fingerprint density at radius 1 is 1.64 bits per heavy atom. The zero-order chi connectivity index (χ0) is 8.27. The molecule has 0 amide bonds. The zero-order valence-corrected chi connectivity index (χ0v) is 5.56. The van der Waals surface area contributed by atoms with E-state index in [0.29, 0.717) is 0 Å². The summed E-state index contributed by atoms with van der Waals surface area (Å²) in [6, 6.07) is 0. The predicted octanol–water partition coefficient (Wildman–Crippen LogP) is -0.333. The second-order valence-corrected chi connectivity index (χ2v) is 1.86. The molecule has 0 aromatic carbocycles. The van der Waals surface area contributed by atoms with E-state index in [-0.39, 0.29) is 17.9 Å². The second-order valence-electron chi connectivity index (χ2n) is 1.86. The van der Waals surface area contributed by atoms with Gasteiger partial charge >= 0.3 is 5.97 Å². The number of aromatic nitrogens is 2. The molecule has 0 atom stereocenters. The van der Waals surface area contributed by atoms with Gasteiger partial charge in [0.15, 0.2) is 5.69 Å². The van der Waals surface area contributed by atoms with Gasteiger partial charge in [0.25, 0.3) is 0 Å². The molecule has 1 aromatic rings. The van der Waals surface area contributed by atoms with Crippen molar-refractivity contribution >= 4 is 5.97 Å². The largest absolute Gasteiger partial charge is 0.476 e. The molecule has 11 heavy (non-hydrogen) atoms. The minimum Gasteiger partial charge on any atom is -0.476 e. The minimum atomic E-state index is -1.16. The molecule has 0 saturated carbocycles. The SMILES string of the molecule is O=C(O)c1ncncc1CO. The second kappa shape index (κ2) is 3.07. The number of aliphatic hydroxyl groups excluding tert-OH is 1. The van der Waals surface area contributed by atoms with Gasteiger partial charge in [0, 0.05) is 11.8 Å². The maximum atomic E-state index is 10.4. The van der Waals surface area contributed by atoms with Crippen LogP contribution in [0.15, 0.2) is 12.5 Å². The van der Waals surface area contributed by atoms with Crippen LogP contribution in [0.25, 0.3) is 0 Å². The Kier molecular flexibility index (Phi) is 2.12. The van der Waals surface area contributed by atoms with Crippen LogP contribution in [0.2, 0.25) is 0 Å². The number of rotatable bonds is 2. The van der Waals surface area contributed by atoms with Crippen LogP contribution >= 0.6 is 0 Å². The van der Waals surface area contributed by atoms with E-state index in [1.807, 2.05) is 0 Å². The normalized spacial score (nSPS) is 9.55. The molecule has 0 fully saturated rings. The lowest BCUT2D eigenvalue weighted by atomic mass is 10.2. The molecular formula is C6H6N2O3. The highest BCUT2D eigenvalue weighted by atomic mass is 16.4. The van der Waals surface area contributed by atoms with E-state index >= 15 is 0 Å². The number of aliphatic hydroxyl groups is 1. The number of carboxylic acids is 1. The van der Waals surface area contributed by atoms with Crippen LogP contribution < -0.4 is 0 Å². The lowest BCUT2D eigenvalue weighted by Crippen LogP contribution is -2.05. The Morgan fingerprint density at radius 3 is 2.82 bits per heavy atom. The average molecular weight is 154 g/mol. The predicted molar refractivity (Wildman–Crippen MR) is 34.9 cm³/mol. The molecule has 0 aliphatic heterocycles. The molecule has 0 unspecified atom stereocenters. The summed E-state index contributed by atoms with van der Waals surface area (Å²) in [4.78, 5) is 17.4. The van der Waals surface area contributed by atoms with E-state index in [9.17, 15) is 4.79 Å². The van der Waals surface area contributed by atoms with E-state index in [4.69, 9.17) is 10.2 Å². The van der Waals surface area contributed by atoms with Gasteiger partial charge in [0.05, 0.1) is 6.61 Å². The van der Waals surface area contributed by atoms with Gasteiger partial charge in [-0.15, -0.1) is 0 Å². The zero-order valence-electron chi connectivity index (χ0n) is 5.56. The number of nitrogens with zero attached hydrogens (tertiary/aromatic N) is 2. The van der Waals surface area contributed by atoms with Gasteiger partial charge in [-0.25, -0.2) is 14.8 Å². The van der Waals surface area contributed by atoms with Crippen LogP contribution in [-0.4, -0.2) is 26.2 Å². The lowest BCUT2D eigenvalue weighted by Gasteiger charge is -1.97. The van der Waals surface area contributed by atoms with Gasteiger partial charge in [0.1, 0.15) is 6.33 Å². The molecule has 0 spiro atoms. The van der Waals surface area contributed by atoms with Crippen molar-refractivity contribution in [1.82, 2.24) is 9.97 Å². The van der Waals surface area contributed by atoms with E-state index in [0.717, 1.165) is 6.33 Å². The van der Waals surface area contributed by atoms with Crippen LogP contribution in [0.3, 0.4) is 0 Å². The summed E-state index contributed by atoms with van der Waals surface area (Å²) in [7, 11) is 0. The molecule has 1 rings (SSSR count). The monoisotopic (exact) mass is 154 g/mol. The van der Waals surface area contributed by atoms with Crippen molar-refractivity contribution in [3.63, 3.8) is 0 Å². The van der Waals surface area contributed by atoms with Crippen LogP contribution in [0.5, 0.6) is 0 Å². The molecule has 1 aromatic heterocycles. The van der Waals surface area contributed by atoms with E-state index in [1.54, 1.807) is 0 Å². The van der Waals surface area contributed by atoms with Crippen molar-refractivity contribution < 1.29 is 15.0 Å². The highest BCUT2D eigenvalue weighted by molar-refractivity contribution is 5.86. The molecule has 2 N–H and O–H groups in total. The van der Waals surface area contributed by atoms with Crippen molar-refractivity contribution in [3.05, 3.63) is 23.8 Å². The average Bonchev–Trinajstić information content (AvgIpc) is 2.04. The Morgan fingerprint density at radius 2 is 2.36 bits per heavy atom. The van der Waals surface area contributed by atoms with E-state index in [1.165, 1.54) is 6.20 Å². The summed E-state index contributed by atoms with van der Waals surface area (Å²) in [6.07, 6.45) is 2.40. The molecule has 5 heteroatoms. The van der Waals surface area contributed by atoms with Crippen molar-refractivity contribution in [2.75, 3.05) is 0 Å². The highest BCUT2D eigenvalue weighted by Crippen LogP contribution is 2.01. The van der Waals surface area contributed by atoms with Gasteiger partial charge in [-0.3, -0.25) is 0 Å². The van der Waals surface area contributed by atoms with Gasteiger partial charge in [0.2, 0.25) is 0 Å². The molecular weight excluding hydrogens is 148 g/mol. The molecule has 5 nitrogen and oxygen atoms in total. The maximum Gasteiger partial charge on any atom is 0.354 e. The summed E-state index contributed by atoms with van der Waals surface area (Å²) in [5, 5.41) is 17.1. The summed E-state index contributed by atoms with van der Waals surface area (Å²) in [6.45, 7) is -0.359. The molecule has 0 aliphatic rings.